The van der Waals surface area contributed by atoms with Gasteiger partial charge in [-0.3, -0.25) is 4.79 Å². The number of aromatic hydroxyl groups is 1. The first-order valence-corrected chi connectivity index (χ1v) is 9.66. The van der Waals surface area contributed by atoms with Crippen molar-refractivity contribution in [3.63, 3.8) is 0 Å². The summed E-state index contributed by atoms with van der Waals surface area (Å²) < 4.78 is 31.4. The monoisotopic (exact) mass is 401 g/mol. The van der Waals surface area contributed by atoms with E-state index in [-0.39, 0.29) is 35.9 Å². The lowest BCUT2D eigenvalue weighted by Gasteiger charge is -2.36. The van der Waals surface area contributed by atoms with Crippen LogP contribution < -0.4 is 14.4 Å². The fourth-order valence-corrected chi connectivity index (χ4v) is 3.72. The van der Waals surface area contributed by atoms with E-state index in [4.69, 9.17) is 14.2 Å². The molecule has 0 radical (unpaired) electrons. The van der Waals surface area contributed by atoms with Crippen molar-refractivity contribution in [2.75, 3.05) is 37.8 Å². The third-order valence-corrected chi connectivity index (χ3v) is 5.30. The number of phenolic OH excluding ortho intramolecular Hbond substituents is 1. The van der Waals surface area contributed by atoms with Crippen LogP contribution in [0.1, 0.15) is 29.3 Å². The zero-order valence-electron chi connectivity index (χ0n) is 16.5. The number of hydrogen-bond donors (Lipinski definition) is 1. The maximum absolute atomic E-state index is 14.2. The lowest BCUT2D eigenvalue weighted by molar-refractivity contribution is 0.0176. The largest absolute Gasteiger partial charge is 0.507 e. The first-order chi connectivity index (χ1) is 13.9. The highest BCUT2D eigenvalue weighted by molar-refractivity contribution is 6.03. The molecule has 4 rings (SSSR count). The molecule has 0 aromatic heterocycles. The Morgan fingerprint density at radius 2 is 2.03 bits per heavy atom. The van der Waals surface area contributed by atoms with Gasteiger partial charge in [0.1, 0.15) is 29.3 Å². The lowest BCUT2D eigenvalue weighted by Crippen LogP contribution is -2.44. The Bertz CT molecular complexity index is 941. The van der Waals surface area contributed by atoms with Gasteiger partial charge < -0.3 is 24.2 Å². The fourth-order valence-electron chi connectivity index (χ4n) is 3.72. The molecule has 1 atom stereocenters. The molecule has 1 unspecified atom stereocenters. The number of carbonyl (C=O) groups excluding carboxylic acids is 1. The third kappa shape index (κ3) is 3.87. The SMILES string of the molecule is Cc1cccc(OCC2(C)CC(=O)c3c(O)cc(N4CCOCC4)cc3O2)c1F. The maximum atomic E-state index is 14.2. The molecule has 2 aliphatic heterocycles. The number of aryl methyl sites for hydroxylation is 1. The van der Waals surface area contributed by atoms with Crippen LogP contribution in [0.2, 0.25) is 0 Å². The average molecular weight is 401 g/mol. The lowest BCUT2D eigenvalue weighted by atomic mass is 9.91. The molecule has 7 heteroatoms. The van der Waals surface area contributed by atoms with Gasteiger partial charge in [0.15, 0.2) is 17.3 Å². The van der Waals surface area contributed by atoms with Crippen LogP contribution >= 0.6 is 0 Å². The number of hydrogen-bond acceptors (Lipinski definition) is 6. The molecule has 1 saturated heterocycles. The van der Waals surface area contributed by atoms with Gasteiger partial charge in [-0.25, -0.2) is 4.39 Å². The Morgan fingerprint density at radius 1 is 1.28 bits per heavy atom. The first kappa shape index (κ1) is 19.5. The Balaban J connectivity index is 1.58. The fraction of sp³-hybridized carbons (Fsp3) is 0.409. The van der Waals surface area contributed by atoms with E-state index < -0.39 is 11.4 Å². The van der Waals surface area contributed by atoms with E-state index in [0.717, 1.165) is 5.69 Å². The van der Waals surface area contributed by atoms with Crippen LogP contribution in [-0.4, -0.2) is 49.4 Å². The predicted octanol–water partition coefficient (Wildman–Crippen LogP) is 3.48. The molecule has 1 fully saturated rings. The van der Waals surface area contributed by atoms with E-state index in [2.05, 4.69) is 4.90 Å². The number of phenols is 1. The third-order valence-electron chi connectivity index (χ3n) is 5.30. The number of anilines is 1. The van der Waals surface area contributed by atoms with E-state index in [9.17, 15) is 14.3 Å². The summed E-state index contributed by atoms with van der Waals surface area (Å²) in [6.07, 6.45) is 0.0257. The molecule has 154 valence electrons. The Hall–Kier alpha value is -2.80. The van der Waals surface area contributed by atoms with Crippen LogP contribution in [0.15, 0.2) is 30.3 Å². The van der Waals surface area contributed by atoms with Crippen molar-refractivity contribution >= 4 is 11.5 Å². The highest BCUT2D eigenvalue weighted by atomic mass is 19.1. The molecule has 2 aromatic rings. The molecular weight excluding hydrogens is 377 g/mol. The van der Waals surface area contributed by atoms with Gasteiger partial charge in [-0.1, -0.05) is 12.1 Å². The van der Waals surface area contributed by atoms with E-state index in [1.165, 1.54) is 0 Å². The first-order valence-electron chi connectivity index (χ1n) is 9.66. The summed E-state index contributed by atoms with van der Waals surface area (Å²) in [4.78, 5) is 14.8. The second-order valence-electron chi connectivity index (χ2n) is 7.77. The summed E-state index contributed by atoms with van der Waals surface area (Å²) >= 11 is 0. The van der Waals surface area contributed by atoms with Crippen LogP contribution in [0.3, 0.4) is 0 Å². The number of ketones is 1. The zero-order chi connectivity index (χ0) is 20.6. The van der Waals surface area contributed by atoms with Crippen LogP contribution in [0.5, 0.6) is 17.2 Å². The normalized spacial score (nSPS) is 21.5. The molecule has 2 aromatic carbocycles. The summed E-state index contributed by atoms with van der Waals surface area (Å²) in [5, 5.41) is 10.4. The summed E-state index contributed by atoms with van der Waals surface area (Å²) in [5.74, 6) is -0.308. The minimum absolute atomic E-state index is 0.00109. The van der Waals surface area contributed by atoms with Crippen LogP contribution in [0, 0.1) is 12.7 Å². The molecular formula is C22H24FNO5. The molecule has 0 spiro atoms. The van der Waals surface area contributed by atoms with Crippen molar-refractivity contribution in [1.82, 2.24) is 0 Å². The van der Waals surface area contributed by atoms with Gasteiger partial charge >= 0.3 is 0 Å². The van der Waals surface area contributed by atoms with Gasteiger partial charge in [-0.15, -0.1) is 0 Å². The highest BCUT2D eigenvalue weighted by Crippen LogP contribution is 2.41. The zero-order valence-corrected chi connectivity index (χ0v) is 16.5. The quantitative estimate of drug-likeness (QED) is 0.846. The van der Waals surface area contributed by atoms with Gasteiger partial charge in [0, 0.05) is 30.9 Å². The minimum atomic E-state index is -0.976. The second-order valence-corrected chi connectivity index (χ2v) is 7.77. The Labute approximate surface area is 168 Å². The highest BCUT2D eigenvalue weighted by Gasteiger charge is 2.39. The molecule has 0 bridgehead atoms. The Kier molecular flexibility index (Phi) is 5.08. The molecule has 0 saturated carbocycles. The molecule has 1 N–H and O–H groups in total. The number of nitrogens with zero attached hydrogens (tertiary/aromatic N) is 1. The maximum Gasteiger partial charge on any atom is 0.174 e. The van der Waals surface area contributed by atoms with Gasteiger partial charge in [0.2, 0.25) is 0 Å². The van der Waals surface area contributed by atoms with Crippen molar-refractivity contribution in [3.8, 4) is 17.2 Å². The molecule has 6 nitrogen and oxygen atoms in total. The predicted molar refractivity (Wildman–Crippen MR) is 106 cm³/mol. The molecule has 2 heterocycles. The molecule has 29 heavy (non-hydrogen) atoms. The number of halogens is 1. The van der Waals surface area contributed by atoms with Gasteiger partial charge in [0.05, 0.1) is 19.6 Å². The van der Waals surface area contributed by atoms with Gasteiger partial charge in [-0.2, -0.15) is 0 Å². The second kappa shape index (κ2) is 7.55. The molecule has 0 aliphatic carbocycles. The van der Waals surface area contributed by atoms with Crippen LogP contribution in [0.4, 0.5) is 10.1 Å². The van der Waals surface area contributed by atoms with E-state index >= 15 is 0 Å². The topological polar surface area (TPSA) is 68.2 Å². The average Bonchev–Trinajstić information content (AvgIpc) is 2.69. The van der Waals surface area contributed by atoms with Gasteiger partial charge in [-0.05, 0) is 25.5 Å². The Morgan fingerprint density at radius 3 is 2.79 bits per heavy atom. The van der Waals surface area contributed by atoms with E-state index in [0.29, 0.717) is 37.6 Å². The summed E-state index contributed by atoms with van der Waals surface area (Å²) in [7, 11) is 0. The van der Waals surface area contributed by atoms with Crippen molar-refractivity contribution in [1.29, 1.82) is 0 Å². The number of benzene rings is 2. The standard InChI is InChI=1S/C22H24FNO5/c1-14-4-3-5-18(21(14)23)28-13-22(2)12-17(26)20-16(25)10-15(11-19(20)29-22)24-6-8-27-9-7-24/h3-5,10-11,25H,6-9,12-13H2,1-2H3. The minimum Gasteiger partial charge on any atom is -0.507 e. The summed E-state index contributed by atoms with van der Waals surface area (Å²) in [6, 6.07) is 8.28. The van der Waals surface area contributed by atoms with E-state index in [1.54, 1.807) is 44.2 Å². The van der Waals surface area contributed by atoms with Crippen molar-refractivity contribution in [2.45, 2.75) is 25.9 Å². The number of morpholine rings is 1. The number of carbonyl (C=O) groups is 1. The number of fused-ring (bicyclic) bond motifs is 1. The number of ether oxygens (including phenoxy) is 3. The van der Waals surface area contributed by atoms with Crippen molar-refractivity contribution < 1.29 is 28.5 Å². The number of Topliss-reactive ketones (excluding diaryl/α,β-unsaturated/α-hetero) is 1. The van der Waals surface area contributed by atoms with Crippen LogP contribution in [-0.2, 0) is 4.74 Å². The summed E-state index contributed by atoms with van der Waals surface area (Å²) in [5.41, 5.74) is 0.461. The van der Waals surface area contributed by atoms with Gasteiger partial charge in [0.25, 0.3) is 0 Å². The molecule has 0 amide bonds. The summed E-state index contributed by atoms with van der Waals surface area (Å²) in [6.45, 7) is 6.01. The molecule has 2 aliphatic rings. The number of rotatable bonds is 4. The van der Waals surface area contributed by atoms with E-state index in [1.807, 2.05) is 0 Å². The van der Waals surface area contributed by atoms with Crippen molar-refractivity contribution in [3.05, 3.63) is 47.3 Å². The van der Waals surface area contributed by atoms with Crippen molar-refractivity contribution in [2.24, 2.45) is 0 Å². The van der Waals surface area contributed by atoms with Crippen LogP contribution in [0.25, 0.3) is 0 Å². The smallest absolute Gasteiger partial charge is 0.174 e.